The topological polar surface area (TPSA) is 51.9 Å². The molecule has 28 heavy (non-hydrogen) atoms. The Morgan fingerprint density at radius 1 is 1.25 bits per heavy atom. The third-order valence-corrected chi connectivity index (χ3v) is 5.41. The Hall–Kier alpha value is -2.50. The minimum absolute atomic E-state index is 0.345. The van der Waals surface area contributed by atoms with Crippen molar-refractivity contribution >= 4 is 22.6 Å². The molecule has 0 saturated heterocycles. The number of ether oxygens (including phenoxy) is 2. The molecule has 0 saturated carbocycles. The summed E-state index contributed by atoms with van der Waals surface area (Å²) >= 11 is 6.47. The van der Waals surface area contributed by atoms with Gasteiger partial charge in [0.2, 0.25) is 0 Å². The molecule has 2 aromatic carbocycles. The van der Waals surface area contributed by atoms with Crippen molar-refractivity contribution in [2.45, 2.75) is 26.3 Å². The van der Waals surface area contributed by atoms with Crippen LogP contribution in [-0.2, 0) is 19.4 Å². The van der Waals surface area contributed by atoms with Gasteiger partial charge in [-0.3, -0.25) is 4.90 Å². The van der Waals surface area contributed by atoms with E-state index in [0.717, 1.165) is 41.6 Å². The molecule has 1 aromatic heterocycles. The molecule has 2 heterocycles. The first-order valence-corrected chi connectivity index (χ1v) is 9.73. The minimum Gasteiger partial charge on any atom is -0.497 e. The molecule has 0 amide bonds. The molecule has 0 atom stereocenters. The molecule has 0 radical (unpaired) electrons. The molecule has 0 unspecified atom stereocenters. The molecule has 0 N–H and O–H groups in total. The number of aryl methyl sites for hydroxylation is 1. The molecule has 1 aliphatic rings. The van der Waals surface area contributed by atoms with Crippen LogP contribution in [0.15, 0.2) is 45.6 Å². The predicted molar refractivity (Wildman–Crippen MR) is 109 cm³/mol. The molecule has 0 spiro atoms. The third-order valence-electron chi connectivity index (χ3n) is 5.13. The van der Waals surface area contributed by atoms with Crippen LogP contribution in [0, 0.1) is 0 Å². The Morgan fingerprint density at radius 3 is 2.89 bits per heavy atom. The Balaban J connectivity index is 1.62. The van der Waals surface area contributed by atoms with Crippen LogP contribution in [0.1, 0.15) is 23.6 Å². The number of nitrogens with zero attached hydrogens (tertiary/aromatic N) is 1. The molecule has 0 fully saturated rings. The highest BCUT2D eigenvalue weighted by molar-refractivity contribution is 6.33. The monoisotopic (exact) mass is 399 g/mol. The number of hydrogen-bond donors (Lipinski definition) is 0. The van der Waals surface area contributed by atoms with Crippen LogP contribution in [0.2, 0.25) is 5.02 Å². The SMILES string of the molecule is CCc1cc(=O)oc2c3c(c(Cl)cc12)OCN(CCc1cccc(OC)c1)C3. The van der Waals surface area contributed by atoms with Gasteiger partial charge in [0.05, 0.1) is 17.7 Å². The number of hydrogen-bond acceptors (Lipinski definition) is 5. The highest BCUT2D eigenvalue weighted by atomic mass is 35.5. The van der Waals surface area contributed by atoms with Gasteiger partial charge in [-0.1, -0.05) is 30.7 Å². The summed E-state index contributed by atoms with van der Waals surface area (Å²) in [6.45, 7) is 3.88. The van der Waals surface area contributed by atoms with Crippen molar-refractivity contribution in [3.63, 3.8) is 0 Å². The second-order valence-electron chi connectivity index (χ2n) is 6.91. The Kier molecular flexibility index (Phi) is 5.29. The average molecular weight is 400 g/mol. The second-order valence-corrected chi connectivity index (χ2v) is 7.32. The molecule has 5 nitrogen and oxygen atoms in total. The highest BCUT2D eigenvalue weighted by Crippen LogP contribution is 2.39. The lowest BCUT2D eigenvalue weighted by molar-refractivity contribution is 0.0968. The van der Waals surface area contributed by atoms with Crippen molar-refractivity contribution in [1.29, 1.82) is 0 Å². The van der Waals surface area contributed by atoms with E-state index in [0.29, 0.717) is 29.6 Å². The van der Waals surface area contributed by atoms with Gasteiger partial charge in [-0.2, -0.15) is 0 Å². The van der Waals surface area contributed by atoms with Crippen LogP contribution in [-0.4, -0.2) is 25.3 Å². The number of fused-ring (bicyclic) bond motifs is 3. The van der Waals surface area contributed by atoms with E-state index in [-0.39, 0.29) is 5.63 Å². The van der Waals surface area contributed by atoms with Crippen LogP contribution >= 0.6 is 11.6 Å². The Labute approximate surface area is 168 Å². The van der Waals surface area contributed by atoms with Crippen molar-refractivity contribution in [2.24, 2.45) is 0 Å². The van der Waals surface area contributed by atoms with Gasteiger partial charge >= 0.3 is 5.63 Å². The first-order chi connectivity index (χ1) is 13.6. The van der Waals surface area contributed by atoms with Crippen molar-refractivity contribution in [1.82, 2.24) is 4.90 Å². The summed E-state index contributed by atoms with van der Waals surface area (Å²) in [6, 6.07) is 11.4. The first kappa shape index (κ1) is 18.8. The van der Waals surface area contributed by atoms with E-state index >= 15 is 0 Å². The van der Waals surface area contributed by atoms with Crippen molar-refractivity contribution in [2.75, 3.05) is 20.4 Å². The smallest absolute Gasteiger partial charge is 0.336 e. The van der Waals surface area contributed by atoms with Crippen LogP contribution < -0.4 is 15.1 Å². The van der Waals surface area contributed by atoms with Crippen molar-refractivity contribution in [3.05, 3.63) is 68.5 Å². The molecular formula is C22H22ClNO4. The van der Waals surface area contributed by atoms with Crippen LogP contribution in [0.25, 0.3) is 11.0 Å². The minimum atomic E-state index is -0.345. The zero-order chi connectivity index (χ0) is 19.7. The Bertz CT molecular complexity index is 1080. The van der Waals surface area contributed by atoms with Crippen molar-refractivity contribution < 1.29 is 13.9 Å². The summed E-state index contributed by atoms with van der Waals surface area (Å²) in [7, 11) is 1.67. The Morgan fingerprint density at radius 2 is 2.11 bits per heavy atom. The summed E-state index contributed by atoms with van der Waals surface area (Å²) in [4.78, 5) is 14.2. The lowest BCUT2D eigenvalue weighted by atomic mass is 10.0. The van der Waals surface area contributed by atoms with E-state index in [4.69, 9.17) is 25.5 Å². The normalized spacial score (nSPS) is 14.0. The maximum absolute atomic E-state index is 12.0. The number of rotatable bonds is 5. The number of halogens is 1. The summed E-state index contributed by atoms with van der Waals surface area (Å²) in [5, 5.41) is 1.43. The van der Waals surface area contributed by atoms with Gasteiger partial charge in [0.1, 0.15) is 23.8 Å². The molecule has 0 aliphatic carbocycles. The molecule has 146 valence electrons. The van der Waals surface area contributed by atoms with Crippen LogP contribution in [0.3, 0.4) is 0 Å². The van der Waals surface area contributed by atoms with E-state index < -0.39 is 0 Å². The largest absolute Gasteiger partial charge is 0.497 e. The molecule has 1 aliphatic heterocycles. The molecule has 4 rings (SSSR count). The average Bonchev–Trinajstić information content (AvgIpc) is 2.72. The number of benzene rings is 2. The summed E-state index contributed by atoms with van der Waals surface area (Å²) in [5.74, 6) is 1.47. The van der Waals surface area contributed by atoms with Gasteiger partial charge in [0, 0.05) is 24.5 Å². The maximum atomic E-state index is 12.0. The standard InChI is InChI=1S/C22H22ClNO4/c1-3-15-10-20(25)28-21-17(15)11-19(23)22-18(21)12-24(13-27-22)8-7-14-5-4-6-16(9-14)26-2/h4-6,9-11H,3,7-8,12-13H2,1-2H3. The van der Waals surface area contributed by atoms with E-state index in [9.17, 15) is 4.79 Å². The predicted octanol–water partition coefficient (Wildman–Crippen LogP) is 4.41. The van der Waals surface area contributed by atoms with Gasteiger partial charge in [-0.05, 0) is 42.2 Å². The number of methoxy groups -OCH3 is 1. The molecular weight excluding hydrogens is 378 g/mol. The van der Waals surface area contributed by atoms with Gasteiger partial charge in [0.15, 0.2) is 0 Å². The fourth-order valence-corrected chi connectivity index (χ4v) is 3.93. The first-order valence-electron chi connectivity index (χ1n) is 9.35. The fraction of sp³-hybridized carbons (Fsp3) is 0.318. The van der Waals surface area contributed by atoms with Crippen LogP contribution in [0.4, 0.5) is 0 Å². The zero-order valence-corrected chi connectivity index (χ0v) is 16.7. The van der Waals surface area contributed by atoms with Crippen LogP contribution in [0.5, 0.6) is 11.5 Å². The summed E-state index contributed by atoms with van der Waals surface area (Å²) in [6.07, 6.45) is 1.59. The molecule has 6 heteroatoms. The van der Waals surface area contributed by atoms with E-state index in [1.165, 1.54) is 11.6 Å². The maximum Gasteiger partial charge on any atom is 0.336 e. The van der Waals surface area contributed by atoms with Gasteiger partial charge in [-0.15, -0.1) is 0 Å². The zero-order valence-electron chi connectivity index (χ0n) is 16.0. The van der Waals surface area contributed by atoms with Crippen molar-refractivity contribution in [3.8, 4) is 11.5 Å². The fourth-order valence-electron chi connectivity index (χ4n) is 3.65. The van der Waals surface area contributed by atoms with E-state index in [1.54, 1.807) is 7.11 Å². The van der Waals surface area contributed by atoms with Gasteiger partial charge in [-0.25, -0.2) is 4.79 Å². The van der Waals surface area contributed by atoms with Gasteiger partial charge < -0.3 is 13.9 Å². The molecule has 0 bridgehead atoms. The van der Waals surface area contributed by atoms with E-state index in [1.807, 2.05) is 31.2 Å². The third kappa shape index (κ3) is 3.60. The lowest BCUT2D eigenvalue weighted by Crippen LogP contribution is -2.34. The lowest BCUT2D eigenvalue weighted by Gasteiger charge is -2.30. The summed E-state index contributed by atoms with van der Waals surface area (Å²) in [5.41, 5.74) is 3.20. The molecule has 3 aromatic rings. The quantitative estimate of drug-likeness (QED) is 0.595. The highest BCUT2D eigenvalue weighted by Gasteiger charge is 2.25. The second kappa shape index (κ2) is 7.86. The summed E-state index contributed by atoms with van der Waals surface area (Å²) < 4.78 is 16.8. The van der Waals surface area contributed by atoms with Gasteiger partial charge in [0.25, 0.3) is 0 Å². The van der Waals surface area contributed by atoms with E-state index in [2.05, 4.69) is 11.0 Å².